The third-order valence-electron chi connectivity index (χ3n) is 3.04. The third kappa shape index (κ3) is 3.89. The number of nitrogens with two attached hydrogens (primary N) is 1. The number of rotatable bonds is 6. The highest BCUT2D eigenvalue weighted by atomic mass is 32.2. The van der Waals surface area contributed by atoms with Gasteiger partial charge in [-0.05, 0) is 23.1 Å². The highest BCUT2D eigenvalue weighted by Crippen LogP contribution is 2.42. The Morgan fingerprint density at radius 1 is 1.14 bits per heavy atom. The number of hydrogen-bond donors (Lipinski definition) is 1. The first-order valence-corrected chi connectivity index (χ1v) is 6.79. The molecule has 108 valence electrons. The van der Waals surface area contributed by atoms with Crippen molar-refractivity contribution in [2.75, 3.05) is 14.2 Å². The van der Waals surface area contributed by atoms with Gasteiger partial charge in [0.05, 0.1) is 42.7 Å². The van der Waals surface area contributed by atoms with Crippen LogP contribution in [0, 0.1) is 0 Å². The fraction of sp³-hybridized carbons (Fsp3) is 0.500. The maximum Gasteiger partial charge on any atom is 0.289 e. The molecule has 21 heavy (non-hydrogen) atoms. The van der Waals surface area contributed by atoms with Gasteiger partial charge < -0.3 is 15.2 Å². The van der Waals surface area contributed by atoms with Gasteiger partial charge in [-0.25, -0.2) is 0 Å². The first-order chi connectivity index (χ1) is 9.54. The van der Waals surface area contributed by atoms with Crippen molar-refractivity contribution < 1.29 is 18.3 Å². The molecule has 9 heteroatoms. The predicted molar refractivity (Wildman–Crippen MR) is 82.9 cm³/mol. The molecule has 0 spiro atoms. The van der Waals surface area contributed by atoms with Crippen molar-refractivity contribution in [1.82, 2.24) is 0 Å². The highest BCUT2D eigenvalue weighted by Gasteiger charge is 2.36. The molecule has 6 radical (unpaired) electrons. The number of halogens is 2. The van der Waals surface area contributed by atoms with Crippen LogP contribution >= 0.6 is 11.8 Å². The maximum absolute atomic E-state index is 12.6. The lowest BCUT2D eigenvalue weighted by Crippen LogP contribution is -2.58. The van der Waals surface area contributed by atoms with E-state index in [1.165, 1.54) is 33.3 Å². The topological polar surface area (TPSA) is 44.5 Å². The molecule has 0 aromatic heterocycles. The van der Waals surface area contributed by atoms with E-state index >= 15 is 0 Å². The second kappa shape index (κ2) is 6.52. The minimum Gasteiger partial charge on any atom is -0.496 e. The Kier molecular flexibility index (Phi) is 5.66. The minimum atomic E-state index is -2.61. The second-order valence-corrected chi connectivity index (χ2v) is 5.77. The highest BCUT2D eigenvalue weighted by molar-refractivity contribution is 7.99. The Hall–Kier alpha value is -0.815. The molecule has 1 atom stereocenters. The fourth-order valence-electron chi connectivity index (χ4n) is 1.67. The van der Waals surface area contributed by atoms with Gasteiger partial charge in [0.1, 0.15) is 11.5 Å². The molecule has 0 heterocycles. The van der Waals surface area contributed by atoms with Crippen molar-refractivity contribution in [3.8, 4) is 11.5 Å². The summed E-state index contributed by atoms with van der Waals surface area (Å²) in [5.74, 6) is -2.23. The normalized spacial score (nSPS) is 14.8. The van der Waals surface area contributed by atoms with Crippen molar-refractivity contribution in [3.63, 3.8) is 0 Å². The number of methoxy groups -OCH3 is 2. The van der Waals surface area contributed by atoms with E-state index in [0.29, 0.717) is 11.8 Å². The van der Waals surface area contributed by atoms with Crippen molar-refractivity contribution in [2.45, 2.75) is 28.2 Å². The van der Waals surface area contributed by atoms with Crippen LogP contribution in [0.15, 0.2) is 17.0 Å². The van der Waals surface area contributed by atoms with Gasteiger partial charge in [-0.15, -0.1) is 0 Å². The van der Waals surface area contributed by atoms with Crippen LogP contribution in [0.25, 0.3) is 0 Å². The van der Waals surface area contributed by atoms with Crippen molar-refractivity contribution in [2.24, 2.45) is 5.73 Å². The third-order valence-corrected chi connectivity index (χ3v) is 3.79. The number of alkyl halides is 2. The second-order valence-electron chi connectivity index (χ2n) is 4.73. The van der Waals surface area contributed by atoms with Crippen molar-refractivity contribution in [1.29, 1.82) is 0 Å². The first kappa shape index (κ1) is 18.2. The molecular weight excluding hydrogens is 293 g/mol. The van der Waals surface area contributed by atoms with Crippen LogP contribution in [0.2, 0.25) is 0 Å². The molecule has 0 bridgehead atoms. The smallest absolute Gasteiger partial charge is 0.289 e. The molecule has 0 saturated heterocycles. The monoisotopic (exact) mass is 307 g/mol. The summed E-state index contributed by atoms with van der Waals surface area (Å²) in [6.07, 6.45) is 0. The standard InChI is InChI=1S/C12H14B3F2NO2S/c1-11(13,18)12(14,15)6-4-8(20-3)9(21-10(16)17)5-7(6)19-2/h4-5,10H,18H2,1-3H3. The SMILES string of the molecule is [B]C(C)(N)C([B])([B])c1cc(OC)c(SC(F)F)cc1OC. The molecule has 0 aliphatic heterocycles. The van der Waals surface area contributed by atoms with Gasteiger partial charge in [-0.3, -0.25) is 0 Å². The molecule has 3 nitrogen and oxygen atoms in total. The summed E-state index contributed by atoms with van der Waals surface area (Å²) in [7, 11) is 20.5. The van der Waals surface area contributed by atoms with E-state index in [1.54, 1.807) is 0 Å². The zero-order valence-electron chi connectivity index (χ0n) is 12.0. The van der Waals surface area contributed by atoms with Gasteiger partial charge in [0.15, 0.2) is 0 Å². The molecule has 0 saturated carbocycles. The van der Waals surface area contributed by atoms with E-state index in [0.717, 1.165) is 0 Å². The lowest BCUT2D eigenvalue weighted by molar-refractivity contribution is 0.251. The summed E-state index contributed by atoms with van der Waals surface area (Å²) >= 11 is 0.324. The summed E-state index contributed by atoms with van der Waals surface area (Å²) in [5, 5.41) is -1.65. The van der Waals surface area contributed by atoms with E-state index in [9.17, 15) is 8.78 Å². The molecular formula is C12H14B3F2NO2S. The number of thioether (sulfide) groups is 1. The molecule has 1 unspecified atom stereocenters. The molecule has 0 aliphatic carbocycles. The molecule has 0 amide bonds. The Morgan fingerprint density at radius 3 is 2.05 bits per heavy atom. The summed E-state index contributed by atoms with van der Waals surface area (Å²) in [6.45, 7) is 1.45. The summed E-state index contributed by atoms with van der Waals surface area (Å²) in [6, 6.07) is 2.77. The summed E-state index contributed by atoms with van der Waals surface area (Å²) < 4.78 is 35.4. The molecule has 1 rings (SSSR count). The summed E-state index contributed by atoms with van der Waals surface area (Å²) in [4.78, 5) is 0.194. The van der Waals surface area contributed by atoms with Crippen molar-refractivity contribution in [3.05, 3.63) is 17.7 Å². The van der Waals surface area contributed by atoms with Crippen molar-refractivity contribution >= 4 is 35.3 Å². The minimum absolute atomic E-state index is 0.181. The quantitative estimate of drug-likeness (QED) is 0.636. The van der Waals surface area contributed by atoms with Gasteiger partial charge in [-0.2, -0.15) is 8.78 Å². The van der Waals surface area contributed by atoms with Crippen LogP contribution in [0.3, 0.4) is 0 Å². The lowest BCUT2D eigenvalue weighted by atomic mass is 9.38. The van der Waals surface area contributed by atoms with Gasteiger partial charge in [0, 0.05) is 0 Å². The Bertz CT molecular complexity index is 510. The Morgan fingerprint density at radius 2 is 1.67 bits per heavy atom. The molecule has 1 aromatic carbocycles. The lowest BCUT2D eigenvalue weighted by Gasteiger charge is -2.42. The zero-order valence-corrected chi connectivity index (χ0v) is 12.8. The first-order valence-electron chi connectivity index (χ1n) is 5.91. The van der Waals surface area contributed by atoms with Gasteiger partial charge in [0.2, 0.25) is 0 Å². The maximum atomic E-state index is 12.6. The van der Waals surface area contributed by atoms with E-state index in [4.69, 9.17) is 38.7 Å². The molecule has 2 N–H and O–H groups in total. The summed E-state index contributed by atoms with van der Waals surface area (Å²) in [5.41, 5.74) is 4.57. The Balaban J connectivity index is 3.47. The van der Waals surface area contributed by atoms with Crippen LogP contribution in [0.5, 0.6) is 11.5 Å². The van der Waals surface area contributed by atoms with Crippen LogP contribution in [0.4, 0.5) is 8.78 Å². The molecule has 0 fully saturated rings. The van der Waals surface area contributed by atoms with Crippen LogP contribution in [0.1, 0.15) is 12.5 Å². The molecule has 1 aromatic rings. The van der Waals surface area contributed by atoms with E-state index in [1.807, 2.05) is 0 Å². The van der Waals surface area contributed by atoms with Crippen LogP contribution < -0.4 is 15.2 Å². The fourth-order valence-corrected chi connectivity index (χ4v) is 2.30. The van der Waals surface area contributed by atoms with E-state index < -0.39 is 16.4 Å². The van der Waals surface area contributed by atoms with Gasteiger partial charge >= 0.3 is 0 Å². The van der Waals surface area contributed by atoms with E-state index in [-0.39, 0.29) is 22.0 Å². The van der Waals surface area contributed by atoms with Crippen LogP contribution in [-0.2, 0) is 5.21 Å². The number of ether oxygens (including phenoxy) is 2. The number of benzene rings is 1. The van der Waals surface area contributed by atoms with E-state index in [2.05, 4.69) is 0 Å². The predicted octanol–water partition coefficient (Wildman–Crippen LogP) is 1.35. The van der Waals surface area contributed by atoms with Gasteiger partial charge in [-0.1, -0.05) is 23.9 Å². The zero-order chi connectivity index (χ0) is 16.4. The van der Waals surface area contributed by atoms with Gasteiger partial charge in [0.25, 0.3) is 5.76 Å². The Labute approximate surface area is 131 Å². The largest absolute Gasteiger partial charge is 0.496 e. The van der Waals surface area contributed by atoms with Crippen LogP contribution in [-0.4, -0.2) is 49.0 Å². The number of hydrogen-bond acceptors (Lipinski definition) is 4. The average molecular weight is 307 g/mol. The average Bonchev–Trinajstić information content (AvgIpc) is 2.35. The molecule has 0 aliphatic rings.